The smallest absolute Gasteiger partial charge is 0.338 e. The van der Waals surface area contributed by atoms with Crippen LogP contribution in [0.4, 0.5) is 0 Å². The van der Waals surface area contributed by atoms with E-state index in [4.69, 9.17) is 14.2 Å². The largest absolute Gasteiger partial charge is 0.454 e. The van der Waals surface area contributed by atoms with E-state index in [1.165, 1.54) is 0 Å². The number of aryl methyl sites for hydroxylation is 2. The molecule has 0 spiro atoms. The highest BCUT2D eigenvalue weighted by molar-refractivity contribution is 6.02. The molecule has 0 N–H and O–H groups in total. The van der Waals surface area contributed by atoms with Crippen LogP contribution in [-0.4, -0.2) is 25.2 Å². The van der Waals surface area contributed by atoms with Gasteiger partial charge >= 0.3 is 5.97 Å². The summed E-state index contributed by atoms with van der Waals surface area (Å²) < 4.78 is 15.7. The molecular weight excluding hydrogens is 320 g/mol. The van der Waals surface area contributed by atoms with Crippen molar-refractivity contribution in [2.75, 3.05) is 13.4 Å². The summed E-state index contributed by atoms with van der Waals surface area (Å²) in [7, 11) is 0. The summed E-state index contributed by atoms with van der Waals surface area (Å²) in [5.41, 5.74) is 5.00. The third-order valence-electron chi connectivity index (χ3n) is 4.58. The molecule has 0 radical (unpaired) electrons. The number of ketones is 1. The molecule has 5 nitrogen and oxygen atoms in total. The lowest BCUT2D eigenvalue weighted by molar-refractivity contribution is 0.0474. The summed E-state index contributed by atoms with van der Waals surface area (Å²) in [5, 5.41) is 0. The molecule has 2 aromatic carbocycles. The Morgan fingerprint density at radius 1 is 0.960 bits per heavy atom. The summed E-state index contributed by atoms with van der Waals surface area (Å²) in [6, 6.07) is 6.78. The second-order valence-electron chi connectivity index (χ2n) is 6.20. The van der Waals surface area contributed by atoms with Crippen molar-refractivity contribution in [3.8, 4) is 11.5 Å². The van der Waals surface area contributed by atoms with Gasteiger partial charge in [0.25, 0.3) is 0 Å². The molecule has 1 aliphatic heterocycles. The molecule has 25 heavy (non-hydrogen) atoms. The van der Waals surface area contributed by atoms with Crippen molar-refractivity contribution in [3.05, 3.63) is 57.6 Å². The molecule has 1 aliphatic rings. The zero-order chi connectivity index (χ0) is 18.1. The van der Waals surface area contributed by atoms with Crippen LogP contribution in [0.15, 0.2) is 24.3 Å². The Hall–Kier alpha value is -2.82. The molecule has 0 unspecified atom stereocenters. The number of carbonyl (C=O) groups excluding carboxylic acids is 2. The fourth-order valence-electron chi connectivity index (χ4n) is 3.02. The highest BCUT2D eigenvalue weighted by atomic mass is 16.7. The highest BCUT2D eigenvalue weighted by Gasteiger charge is 2.20. The van der Waals surface area contributed by atoms with Crippen molar-refractivity contribution in [1.82, 2.24) is 0 Å². The maximum atomic E-state index is 12.6. The fraction of sp³-hybridized carbons (Fsp3) is 0.300. The first-order valence-corrected chi connectivity index (χ1v) is 8.06. The number of esters is 1. The second-order valence-corrected chi connectivity index (χ2v) is 6.20. The van der Waals surface area contributed by atoms with Gasteiger partial charge in [0.15, 0.2) is 18.1 Å². The molecule has 0 aromatic heterocycles. The summed E-state index contributed by atoms with van der Waals surface area (Å²) in [5.74, 6) is 0.327. The van der Waals surface area contributed by atoms with Crippen LogP contribution in [0.3, 0.4) is 0 Å². The third kappa shape index (κ3) is 3.22. The highest BCUT2D eigenvalue weighted by Crippen LogP contribution is 2.32. The van der Waals surface area contributed by atoms with Gasteiger partial charge in [0.2, 0.25) is 12.6 Å². The van der Waals surface area contributed by atoms with E-state index in [-0.39, 0.29) is 19.2 Å². The van der Waals surface area contributed by atoms with E-state index in [0.717, 1.165) is 22.3 Å². The number of hydrogen-bond donors (Lipinski definition) is 0. The van der Waals surface area contributed by atoms with Gasteiger partial charge in [-0.3, -0.25) is 4.79 Å². The zero-order valence-corrected chi connectivity index (χ0v) is 14.8. The summed E-state index contributed by atoms with van der Waals surface area (Å²) >= 11 is 0. The molecule has 3 rings (SSSR count). The number of fused-ring (bicyclic) bond motifs is 1. The maximum Gasteiger partial charge on any atom is 0.338 e. The van der Waals surface area contributed by atoms with Crippen molar-refractivity contribution in [2.45, 2.75) is 27.7 Å². The van der Waals surface area contributed by atoms with Gasteiger partial charge in [-0.25, -0.2) is 4.79 Å². The number of hydrogen-bond acceptors (Lipinski definition) is 5. The van der Waals surface area contributed by atoms with Crippen LogP contribution in [0.1, 0.15) is 43.0 Å². The molecular formula is C20H20O5. The monoisotopic (exact) mass is 340 g/mol. The third-order valence-corrected chi connectivity index (χ3v) is 4.58. The van der Waals surface area contributed by atoms with Crippen molar-refractivity contribution >= 4 is 11.8 Å². The normalized spacial score (nSPS) is 12.2. The van der Waals surface area contributed by atoms with E-state index in [1.54, 1.807) is 18.2 Å². The summed E-state index contributed by atoms with van der Waals surface area (Å²) in [6.45, 7) is 7.66. The van der Waals surface area contributed by atoms with Crippen molar-refractivity contribution in [3.63, 3.8) is 0 Å². The molecule has 2 aromatic rings. The van der Waals surface area contributed by atoms with Crippen LogP contribution in [0.25, 0.3) is 0 Å². The van der Waals surface area contributed by atoms with E-state index in [9.17, 15) is 9.59 Å². The number of carbonyl (C=O) groups is 2. The molecule has 0 amide bonds. The molecule has 0 saturated heterocycles. The van der Waals surface area contributed by atoms with Crippen LogP contribution in [0.2, 0.25) is 0 Å². The molecule has 0 atom stereocenters. The van der Waals surface area contributed by atoms with Gasteiger partial charge < -0.3 is 14.2 Å². The van der Waals surface area contributed by atoms with E-state index < -0.39 is 5.97 Å². The lowest BCUT2D eigenvalue weighted by atomic mass is 9.92. The Morgan fingerprint density at radius 3 is 2.44 bits per heavy atom. The van der Waals surface area contributed by atoms with Crippen molar-refractivity contribution < 1.29 is 23.8 Å². The van der Waals surface area contributed by atoms with Crippen LogP contribution in [-0.2, 0) is 4.74 Å². The predicted molar refractivity (Wildman–Crippen MR) is 92.6 cm³/mol. The Bertz CT molecular complexity index is 867. The van der Waals surface area contributed by atoms with E-state index in [0.29, 0.717) is 22.6 Å². The van der Waals surface area contributed by atoms with Gasteiger partial charge in [-0.05, 0) is 68.1 Å². The van der Waals surface area contributed by atoms with E-state index in [2.05, 4.69) is 0 Å². The molecule has 0 fully saturated rings. The Balaban J connectivity index is 1.72. The number of ether oxygens (including phenoxy) is 3. The van der Waals surface area contributed by atoms with Crippen molar-refractivity contribution in [2.24, 2.45) is 0 Å². The summed E-state index contributed by atoms with van der Waals surface area (Å²) in [4.78, 5) is 24.8. The molecule has 0 aliphatic carbocycles. The van der Waals surface area contributed by atoms with E-state index in [1.807, 2.05) is 33.8 Å². The minimum absolute atomic E-state index is 0.137. The topological polar surface area (TPSA) is 61.8 Å². The van der Waals surface area contributed by atoms with E-state index >= 15 is 0 Å². The molecule has 0 saturated carbocycles. The van der Waals surface area contributed by atoms with Crippen LogP contribution < -0.4 is 9.47 Å². The maximum absolute atomic E-state index is 12.6. The Kier molecular flexibility index (Phi) is 4.49. The van der Waals surface area contributed by atoms with Crippen LogP contribution in [0.5, 0.6) is 11.5 Å². The lowest BCUT2D eigenvalue weighted by Crippen LogP contribution is -2.17. The predicted octanol–water partition coefficient (Wildman–Crippen LogP) is 3.69. The first-order valence-electron chi connectivity index (χ1n) is 8.06. The Labute approximate surface area is 146 Å². The molecule has 5 heteroatoms. The SMILES string of the molecule is Cc1cc(C)c(C(=O)COC(=O)c2ccc3c(c2)OCO3)c(C)c1C. The lowest BCUT2D eigenvalue weighted by Gasteiger charge is -2.14. The first kappa shape index (κ1) is 17.0. The second kappa shape index (κ2) is 6.59. The number of rotatable bonds is 4. The average Bonchev–Trinajstić information content (AvgIpc) is 3.05. The standard InChI is InChI=1S/C20H20O5/c1-11-7-12(2)19(14(4)13(11)3)16(21)9-23-20(22)15-5-6-17-18(8-15)25-10-24-17/h5-8H,9-10H2,1-4H3. The molecule has 1 heterocycles. The van der Waals surface area contributed by atoms with Crippen LogP contribution in [0, 0.1) is 27.7 Å². The van der Waals surface area contributed by atoms with Gasteiger partial charge in [0.1, 0.15) is 0 Å². The molecule has 130 valence electrons. The number of Topliss-reactive ketones (excluding diaryl/α,β-unsaturated/α-hetero) is 1. The zero-order valence-electron chi connectivity index (χ0n) is 14.8. The van der Waals surface area contributed by atoms with Crippen molar-refractivity contribution in [1.29, 1.82) is 0 Å². The minimum atomic E-state index is -0.564. The Morgan fingerprint density at radius 2 is 1.68 bits per heavy atom. The quantitative estimate of drug-likeness (QED) is 0.627. The minimum Gasteiger partial charge on any atom is -0.454 e. The fourth-order valence-corrected chi connectivity index (χ4v) is 3.02. The number of benzene rings is 2. The summed E-state index contributed by atoms with van der Waals surface area (Å²) in [6.07, 6.45) is 0. The average molecular weight is 340 g/mol. The first-order chi connectivity index (χ1) is 11.9. The van der Waals surface area contributed by atoms with Gasteiger partial charge in [-0.1, -0.05) is 6.07 Å². The van der Waals surface area contributed by atoms with Crippen LogP contribution >= 0.6 is 0 Å². The van der Waals surface area contributed by atoms with Gasteiger partial charge in [0.05, 0.1) is 5.56 Å². The van der Waals surface area contributed by atoms with Gasteiger partial charge in [-0.15, -0.1) is 0 Å². The molecule has 0 bridgehead atoms. The van der Waals surface area contributed by atoms with Gasteiger partial charge in [0, 0.05) is 5.56 Å². The van der Waals surface area contributed by atoms with Gasteiger partial charge in [-0.2, -0.15) is 0 Å².